The first-order valence-corrected chi connectivity index (χ1v) is 9.38. The Bertz CT molecular complexity index is 999. The van der Waals surface area contributed by atoms with E-state index in [0.29, 0.717) is 17.7 Å². The number of terminal acetylenes is 1. The van der Waals surface area contributed by atoms with Gasteiger partial charge in [-0.05, 0) is 43.2 Å². The van der Waals surface area contributed by atoms with Crippen molar-refractivity contribution in [3.63, 3.8) is 0 Å². The van der Waals surface area contributed by atoms with Crippen molar-refractivity contribution in [2.45, 2.75) is 31.3 Å². The maximum absolute atomic E-state index is 13.0. The van der Waals surface area contributed by atoms with Gasteiger partial charge in [-0.3, -0.25) is 4.57 Å². The van der Waals surface area contributed by atoms with Crippen molar-refractivity contribution in [2.75, 3.05) is 0 Å². The molecule has 0 saturated carbocycles. The normalized spacial score (nSPS) is 12.0. The van der Waals surface area contributed by atoms with Gasteiger partial charge in [0.25, 0.3) is 0 Å². The number of allylic oxidation sites excluding steroid dienone is 2. The minimum absolute atomic E-state index is 0.121. The number of aliphatic imine (C=N–C) groups is 1. The smallest absolute Gasteiger partial charge is 0.299 e. The summed E-state index contributed by atoms with van der Waals surface area (Å²) in [4.78, 5) is 6.57. The second-order valence-electron chi connectivity index (χ2n) is 5.44. The molecule has 1 aromatic carbocycles. The summed E-state index contributed by atoms with van der Waals surface area (Å²) in [6.45, 7) is 6.52. The van der Waals surface area contributed by atoms with E-state index in [4.69, 9.17) is 5.14 Å². The Labute approximate surface area is 161 Å². The fraction of sp³-hybridized carbons (Fsp3) is 0.222. The summed E-state index contributed by atoms with van der Waals surface area (Å²) in [7, 11) is -3.87. The molecule has 0 spiro atoms. The molecule has 0 aliphatic rings. The van der Waals surface area contributed by atoms with Gasteiger partial charge < -0.3 is 0 Å². The molecule has 28 heavy (non-hydrogen) atoms. The van der Waals surface area contributed by atoms with Gasteiger partial charge in [-0.1, -0.05) is 19.4 Å². The molecule has 0 amide bonds. The number of hydrogen-bond acceptors (Lipinski definition) is 4. The number of aromatic nitrogens is 2. The number of alkyl halides is 3. The fourth-order valence-electron chi connectivity index (χ4n) is 2.19. The van der Waals surface area contributed by atoms with Crippen molar-refractivity contribution in [3.8, 4) is 18.2 Å². The van der Waals surface area contributed by atoms with E-state index in [1.165, 1.54) is 28.8 Å². The minimum Gasteiger partial charge on any atom is -0.299 e. The zero-order valence-corrected chi connectivity index (χ0v) is 16.0. The molecule has 0 unspecified atom stereocenters. The highest BCUT2D eigenvalue weighted by Gasteiger charge is 2.35. The highest BCUT2D eigenvalue weighted by molar-refractivity contribution is 7.89. The molecule has 150 valence electrons. The van der Waals surface area contributed by atoms with Crippen LogP contribution in [-0.2, 0) is 16.2 Å². The van der Waals surface area contributed by atoms with Crippen molar-refractivity contribution in [3.05, 3.63) is 48.1 Å². The Kier molecular flexibility index (Phi) is 7.72. The van der Waals surface area contributed by atoms with Crippen molar-refractivity contribution < 1.29 is 21.6 Å². The summed E-state index contributed by atoms with van der Waals surface area (Å²) in [6, 6.07) is 7.18. The summed E-state index contributed by atoms with van der Waals surface area (Å²) in [5, 5.41) is 5.02. The molecule has 0 atom stereocenters. The highest BCUT2D eigenvalue weighted by Crippen LogP contribution is 2.31. The average molecular weight is 412 g/mol. The molecule has 2 N–H and O–H groups in total. The average Bonchev–Trinajstić information content (AvgIpc) is 3.07. The summed E-state index contributed by atoms with van der Waals surface area (Å²) in [5.41, 5.74) is -0.0790. The molecule has 0 saturated heterocycles. The molecule has 0 aliphatic heterocycles. The van der Waals surface area contributed by atoms with E-state index in [9.17, 15) is 21.6 Å². The van der Waals surface area contributed by atoms with Gasteiger partial charge in [0.2, 0.25) is 10.0 Å². The summed E-state index contributed by atoms with van der Waals surface area (Å²) >= 11 is 0. The van der Waals surface area contributed by atoms with Crippen LogP contribution in [0.4, 0.5) is 13.2 Å². The van der Waals surface area contributed by atoms with E-state index in [2.05, 4.69) is 23.1 Å². The monoisotopic (exact) mass is 412 g/mol. The van der Waals surface area contributed by atoms with E-state index in [1.54, 1.807) is 13.0 Å². The van der Waals surface area contributed by atoms with Crippen molar-refractivity contribution in [2.24, 2.45) is 10.1 Å². The number of primary sulfonamides is 1. The number of sulfonamides is 1. The molecule has 1 aromatic heterocycles. The Balaban J connectivity index is 0.000000892. The van der Waals surface area contributed by atoms with E-state index in [0.717, 1.165) is 6.20 Å². The number of benzene rings is 1. The number of rotatable bonds is 4. The Morgan fingerprint density at radius 1 is 1.39 bits per heavy atom. The van der Waals surface area contributed by atoms with Crippen LogP contribution in [-0.4, -0.2) is 24.7 Å². The number of imidazole rings is 1. The molecule has 0 aliphatic carbocycles. The summed E-state index contributed by atoms with van der Waals surface area (Å²) in [6.07, 6.45) is 3.26. The topological polar surface area (TPSA) is 90.3 Å². The lowest BCUT2D eigenvalue weighted by atomic mass is 10.2. The van der Waals surface area contributed by atoms with Crippen LogP contribution in [0.3, 0.4) is 0 Å². The van der Waals surface area contributed by atoms with Crippen molar-refractivity contribution in [1.82, 2.24) is 9.55 Å². The lowest BCUT2D eigenvalue weighted by Crippen LogP contribution is -2.12. The van der Waals surface area contributed by atoms with Crippen LogP contribution < -0.4 is 5.14 Å². The van der Waals surface area contributed by atoms with Crippen LogP contribution in [0.25, 0.3) is 11.3 Å². The molecule has 6 nitrogen and oxygen atoms in total. The van der Waals surface area contributed by atoms with Gasteiger partial charge in [0.1, 0.15) is 5.82 Å². The second-order valence-corrected chi connectivity index (χ2v) is 7.00. The lowest BCUT2D eigenvalue weighted by molar-refractivity contribution is -0.140. The molecule has 0 fully saturated rings. The van der Waals surface area contributed by atoms with Gasteiger partial charge in [-0.15, -0.1) is 0 Å². The molecule has 10 heteroatoms. The standard InChI is InChI=1S/C15H16F3N3O2S.C3H3N/c1-3-4-10(2)14-20-13(15(16,17)18)9-21(14)11-5-7-12(8-6-11)24(19,22)23;1-3-4-2/h4-9H,3H2,1-2H3,(H2,19,22,23);1H,2H2/b10-4+;. The molecule has 0 radical (unpaired) electrons. The Morgan fingerprint density at radius 3 is 2.32 bits per heavy atom. The van der Waals surface area contributed by atoms with E-state index in [-0.39, 0.29) is 10.7 Å². The predicted molar refractivity (Wildman–Crippen MR) is 102 cm³/mol. The molecule has 0 bridgehead atoms. The van der Waals surface area contributed by atoms with Crippen molar-refractivity contribution >= 4 is 22.3 Å². The van der Waals surface area contributed by atoms with Crippen LogP contribution in [0.1, 0.15) is 31.8 Å². The molecular formula is C18H19F3N4O2S. The number of nitrogens with two attached hydrogens (primary N) is 1. The van der Waals surface area contributed by atoms with Crippen LogP contribution in [0.5, 0.6) is 0 Å². The fourth-order valence-corrected chi connectivity index (χ4v) is 2.70. The summed E-state index contributed by atoms with van der Waals surface area (Å²) < 4.78 is 62.8. The van der Waals surface area contributed by atoms with Gasteiger partial charge >= 0.3 is 6.18 Å². The molecule has 2 rings (SSSR count). The maximum Gasteiger partial charge on any atom is 0.434 e. The van der Waals surface area contributed by atoms with Gasteiger partial charge in [0, 0.05) is 24.6 Å². The number of halogens is 3. The van der Waals surface area contributed by atoms with Crippen LogP contribution in [0.2, 0.25) is 0 Å². The number of hydrogen-bond donors (Lipinski definition) is 1. The highest BCUT2D eigenvalue weighted by atomic mass is 32.2. The van der Waals surface area contributed by atoms with Crippen LogP contribution >= 0.6 is 0 Å². The SMILES string of the molecule is C#CN=C.CC/C=C(\C)c1nc(C(F)(F)F)cn1-c1ccc(S(N)(=O)=O)cc1. The Morgan fingerprint density at radius 2 is 1.93 bits per heavy atom. The van der Waals surface area contributed by atoms with Crippen LogP contribution in [0.15, 0.2) is 46.4 Å². The summed E-state index contributed by atoms with van der Waals surface area (Å²) in [5.74, 6) is 0.146. The molecule has 1 heterocycles. The molecule has 2 aromatic rings. The number of nitrogens with zero attached hydrogens (tertiary/aromatic N) is 3. The van der Waals surface area contributed by atoms with Crippen LogP contribution in [0, 0.1) is 12.5 Å². The van der Waals surface area contributed by atoms with E-state index >= 15 is 0 Å². The third kappa shape index (κ3) is 6.07. The first-order chi connectivity index (χ1) is 13.0. The maximum atomic E-state index is 13.0. The first-order valence-electron chi connectivity index (χ1n) is 7.84. The van der Waals surface area contributed by atoms with Gasteiger partial charge in [-0.2, -0.15) is 13.2 Å². The molecular weight excluding hydrogens is 393 g/mol. The van der Waals surface area contributed by atoms with Gasteiger partial charge in [0.15, 0.2) is 5.69 Å². The minimum atomic E-state index is -4.58. The van der Waals surface area contributed by atoms with E-state index < -0.39 is 21.9 Å². The lowest BCUT2D eigenvalue weighted by Gasteiger charge is -2.08. The second kappa shape index (κ2) is 9.34. The van der Waals surface area contributed by atoms with Gasteiger partial charge in [0.05, 0.1) is 4.90 Å². The van der Waals surface area contributed by atoms with E-state index in [1.807, 2.05) is 13.0 Å². The van der Waals surface area contributed by atoms with Crippen molar-refractivity contribution in [1.29, 1.82) is 0 Å². The first kappa shape index (κ1) is 23.1. The van der Waals surface area contributed by atoms with Gasteiger partial charge in [-0.25, -0.2) is 23.5 Å². The predicted octanol–water partition coefficient (Wildman–Crippen LogP) is 3.63. The Hall–Kier alpha value is -2.90. The third-order valence-electron chi connectivity index (χ3n) is 3.39. The zero-order valence-electron chi connectivity index (χ0n) is 15.2. The third-order valence-corrected chi connectivity index (χ3v) is 4.32. The largest absolute Gasteiger partial charge is 0.434 e. The quantitative estimate of drug-likeness (QED) is 0.614. The zero-order chi connectivity index (χ0) is 21.5.